The van der Waals surface area contributed by atoms with E-state index in [9.17, 15) is 9.59 Å². The first-order valence-electron chi connectivity index (χ1n) is 4.36. The summed E-state index contributed by atoms with van der Waals surface area (Å²) in [6.45, 7) is 3.28. The first-order valence-corrected chi connectivity index (χ1v) is 4.76. The third kappa shape index (κ3) is 1.70. The number of carbonyl (C=O) groups is 2. The minimum atomic E-state index is -0.915. The van der Waals surface area contributed by atoms with Crippen molar-refractivity contribution in [2.75, 3.05) is 0 Å². The molecule has 1 heterocycles. The summed E-state index contributed by atoms with van der Waals surface area (Å²) in [7, 11) is 0. The van der Waals surface area contributed by atoms with E-state index < -0.39 is 29.1 Å². The number of rotatable bonds is 1. The summed E-state index contributed by atoms with van der Waals surface area (Å²) < 4.78 is 0. The summed E-state index contributed by atoms with van der Waals surface area (Å²) in [4.78, 5) is 22.9. The van der Waals surface area contributed by atoms with Crippen molar-refractivity contribution in [2.24, 2.45) is 23.0 Å². The van der Waals surface area contributed by atoms with Crippen LogP contribution in [-0.4, -0.2) is 16.8 Å². The van der Waals surface area contributed by atoms with E-state index in [-0.39, 0.29) is 4.99 Å². The Morgan fingerprint density at radius 2 is 2.07 bits per heavy atom. The Kier molecular flexibility index (Phi) is 2.77. The van der Waals surface area contributed by atoms with Gasteiger partial charge >= 0.3 is 0 Å². The van der Waals surface area contributed by atoms with Crippen LogP contribution < -0.4 is 11.1 Å². The second kappa shape index (κ2) is 3.59. The molecular formula is C9H11N3O2S. The monoisotopic (exact) mass is 225 g/mol. The lowest BCUT2D eigenvalue weighted by atomic mass is 9.66. The Balaban J connectivity index is 3.21. The fourth-order valence-corrected chi connectivity index (χ4v) is 2.24. The van der Waals surface area contributed by atoms with Crippen molar-refractivity contribution in [3.63, 3.8) is 0 Å². The van der Waals surface area contributed by atoms with Crippen molar-refractivity contribution in [1.82, 2.24) is 5.32 Å². The van der Waals surface area contributed by atoms with Gasteiger partial charge in [-0.25, -0.2) is 0 Å². The van der Waals surface area contributed by atoms with Crippen LogP contribution in [0.2, 0.25) is 0 Å². The molecule has 6 heteroatoms. The number of amides is 2. The Morgan fingerprint density at radius 1 is 1.53 bits per heavy atom. The van der Waals surface area contributed by atoms with Gasteiger partial charge in [0.05, 0.1) is 17.0 Å². The number of nitrogens with zero attached hydrogens (tertiary/aromatic N) is 1. The van der Waals surface area contributed by atoms with E-state index in [1.807, 2.05) is 6.07 Å². The van der Waals surface area contributed by atoms with E-state index in [1.165, 1.54) is 0 Å². The van der Waals surface area contributed by atoms with Crippen molar-refractivity contribution in [2.45, 2.75) is 13.8 Å². The number of imide groups is 1. The van der Waals surface area contributed by atoms with Crippen molar-refractivity contribution < 1.29 is 9.59 Å². The predicted molar refractivity (Wildman–Crippen MR) is 56.3 cm³/mol. The molecule has 1 saturated heterocycles. The van der Waals surface area contributed by atoms with E-state index in [4.69, 9.17) is 23.2 Å². The van der Waals surface area contributed by atoms with Crippen LogP contribution in [0.5, 0.6) is 0 Å². The van der Waals surface area contributed by atoms with E-state index >= 15 is 0 Å². The van der Waals surface area contributed by atoms with Crippen molar-refractivity contribution >= 4 is 29.0 Å². The van der Waals surface area contributed by atoms with Gasteiger partial charge in [-0.2, -0.15) is 5.26 Å². The summed E-state index contributed by atoms with van der Waals surface area (Å²) in [5, 5.41) is 11.0. The van der Waals surface area contributed by atoms with Crippen LogP contribution in [0.4, 0.5) is 0 Å². The van der Waals surface area contributed by atoms with Gasteiger partial charge in [-0.05, 0) is 0 Å². The van der Waals surface area contributed by atoms with Gasteiger partial charge < -0.3 is 5.73 Å². The Labute approximate surface area is 92.6 Å². The molecule has 1 rings (SSSR count). The van der Waals surface area contributed by atoms with Gasteiger partial charge in [0.15, 0.2) is 0 Å². The molecule has 1 aliphatic rings. The standard InChI is InChI=1S/C9H11N3O2S/c1-9(2)4(3-10)7(13)12-8(14)5(9)6(11)15/h4-5H,1-2H3,(H2,11,15)(H,12,13,14)/t4-,5-/m1/s1. The molecule has 0 aromatic heterocycles. The van der Waals surface area contributed by atoms with Crippen LogP contribution >= 0.6 is 12.2 Å². The smallest absolute Gasteiger partial charge is 0.244 e. The van der Waals surface area contributed by atoms with E-state index in [1.54, 1.807) is 13.8 Å². The summed E-state index contributed by atoms with van der Waals surface area (Å²) in [5.74, 6) is -2.81. The Morgan fingerprint density at radius 3 is 2.47 bits per heavy atom. The number of nitriles is 1. The number of nitrogens with two attached hydrogens (primary N) is 1. The highest BCUT2D eigenvalue weighted by Crippen LogP contribution is 2.38. The fourth-order valence-electron chi connectivity index (χ4n) is 1.83. The van der Waals surface area contributed by atoms with E-state index in [0.29, 0.717) is 0 Å². The maximum Gasteiger partial charge on any atom is 0.244 e. The average Bonchev–Trinajstić information content (AvgIpc) is 2.00. The molecule has 0 radical (unpaired) electrons. The second-order valence-electron chi connectivity index (χ2n) is 4.07. The molecule has 0 saturated carbocycles. The van der Waals surface area contributed by atoms with Crippen molar-refractivity contribution in [1.29, 1.82) is 5.26 Å². The van der Waals surface area contributed by atoms with Gasteiger partial charge in [-0.3, -0.25) is 14.9 Å². The Bertz CT molecular complexity index is 383. The van der Waals surface area contributed by atoms with Gasteiger partial charge in [0, 0.05) is 5.41 Å². The topological polar surface area (TPSA) is 96.0 Å². The number of hydrogen-bond donors (Lipinski definition) is 2. The summed E-state index contributed by atoms with van der Waals surface area (Å²) in [6.07, 6.45) is 0. The van der Waals surface area contributed by atoms with Gasteiger partial charge in [0.25, 0.3) is 0 Å². The second-order valence-corrected chi connectivity index (χ2v) is 4.54. The molecule has 80 valence electrons. The number of piperidine rings is 1. The summed E-state index contributed by atoms with van der Waals surface area (Å²) >= 11 is 4.78. The van der Waals surface area contributed by atoms with Gasteiger partial charge in [0.2, 0.25) is 11.8 Å². The number of thiocarbonyl (C=S) groups is 1. The van der Waals surface area contributed by atoms with Crippen LogP contribution in [0.15, 0.2) is 0 Å². The average molecular weight is 225 g/mol. The molecule has 0 unspecified atom stereocenters. The summed E-state index contributed by atoms with van der Waals surface area (Å²) in [5.41, 5.74) is 4.58. The zero-order valence-electron chi connectivity index (χ0n) is 8.40. The van der Waals surface area contributed by atoms with Crippen LogP contribution in [0.3, 0.4) is 0 Å². The Hall–Kier alpha value is -1.48. The maximum absolute atomic E-state index is 11.5. The van der Waals surface area contributed by atoms with E-state index in [0.717, 1.165) is 0 Å². The minimum Gasteiger partial charge on any atom is -0.393 e. The van der Waals surface area contributed by atoms with Crippen LogP contribution in [0, 0.1) is 28.6 Å². The molecule has 0 aromatic rings. The third-order valence-corrected chi connectivity index (χ3v) is 2.91. The van der Waals surface area contributed by atoms with Gasteiger partial charge in [-0.15, -0.1) is 0 Å². The van der Waals surface area contributed by atoms with Crippen LogP contribution in [0.1, 0.15) is 13.8 Å². The molecule has 2 amide bonds. The lowest BCUT2D eigenvalue weighted by molar-refractivity contribution is -0.142. The molecule has 15 heavy (non-hydrogen) atoms. The summed E-state index contributed by atoms with van der Waals surface area (Å²) in [6, 6.07) is 1.87. The zero-order chi connectivity index (χ0) is 11.8. The fraction of sp³-hybridized carbons (Fsp3) is 0.556. The lowest BCUT2D eigenvalue weighted by Crippen LogP contribution is -2.58. The SMILES string of the molecule is CC1(C)[C@H](C(N)=S)C(=O)NC(=O)[C@H]1C#N. The zero-order valence-corrected chi connectivity index (χ0v) is 9.22. The highest BCUT2D eigenvalue weighted by Gasteiger charge is 2.51. The molecule has 0 aliphatic carbocycles. The molecule has 5 nitrogen and oxygen atoms in total. The highest BCUT2D eigenvalue weighted by molar-refractivity contribution is 7.80. The van der Waals surface area contributed by atoms with E-state index in [2.05, 4.69) is 5.32 Å². The molecule has 1 fully saturated rings. The number of hydrogen-bond acceptors (Lipinski definition) is 4. The molecular weight excluding hydrogens is 214 g/mol. The molecule has 0 spiro atoms. The molecule has 0 aromatic carbocycles. The van der Waals surface area contributed by atoms with Crippen LogP contribution in [-0.2, 0) is 9.59 Å². The van der Waals surface area contributed by atoms with Crippen LogP contribution in [0.25, 0.3) is 0 Å². The van der Waals surface area contributed by atoms with Crippen molar-refractivity contribution in [3.05, 3.63) is 0 Å². The third-order valence-electron chi connectivity index (χ3n) is 2.67. The van der Waals surface area contributed by atoms with Gasteiger partial charge in [0.1, 0.15) is 5.92 Å². The molecule has 3 N–H and O–H groups in total. The minimum absolute atomic E-state index is 0.00486. The number of nitrogens with one attached hydrogen (secondary N) is 1. The lowest BCUT2D eigenvalue weighted by Gasteiger charge is -2.39. The largest absolute Gasteiger partial charge is 0.393 e. The first kappa shape index (κ1) is 11.6. The maximum atomic E-state index is 11.5. The predicted octanol–water partition coefficient (Wildman–Crippen LogP) is -0.289. The first-order chi connectivity index (χ1) is 6.82. The van der Waals surface area contributed by atoms with Crippen molar-refractivity contribution in [3.8, 4) is 6.07 Å². The normalized spacial score (nSPS) is 29.1. The highest BCUT2D eigenvalue weighted by atomic mass is 32.1. The quantitative estimate of drug-likeness (QED) is 0.472. The molecule has 0 bridgehead atoms. The molecule has 2 atom stereocenters. The molecule has 1 aliphatic heterocycles. The van der Waals surface area contributed by atoms with Gasteiger partial charge in [-0.1, -0.05) is 26.1 Å². The number of carbonyl (C=O) groups excluding carboxylic acids is 2.